The number of benzene rings is 1. The van der Waals surface area contributed by atoms with Gasteiger partial charge in [-0.1, -0.05) is 12.1 Å². The van der Waals surface area contributed by atoms with E-state index in [1.165, 1.54) is 0 Å². The van der Waals surface area contributed by atoms with Crippen LogP contribution in [-0.4, -0.2) is 28.5 Å². The molecule has 1 aromatic rings. The Labute approximate surface area is 107 Å². The molecule has 3 N–H and O–H groups in total. The number of phenols is 1. The average Bonchev–Trinajstić information content (AvgIpc) is 3.17. The van der Waals surface area contributed by atoms with Crippen LogP contribution in [-0.2, 0) is 11.3 Å². The summed E-state index contributed by atoms with van der Waals surface area (Å²) < 4.78 is 0. The molecule has 1 aromatic carbocycles. The number of hydrogen-bond donors (Lipinski definition) is 2. The molecule has 0 aromatic heterocycles. The van der Waals surface area contributed by atoms with Gasteiger partial charge in [0.25, 0.3) is 0 Å². The number of nitrogens with two attached hydrogens (primary N) is 1. The Bertz CT molecular complexity index is 416. The molecule has 0 bridgehead atoms. The zero-order chi connectivity index (χ0) is 13.0. The summed E-state index contributed by atoms with van der Waals surface area (Å²) in [4.78, 5) is 14.0. The Morgan fingerprint density at radius 3 is 2.83 bits per heavy atom. The number of amides is 1. The van der Waals surface area contributed by atoms with Crippen LogP contribution in [0.1, 0.15) is 31.2 Å². The van der Waals surface area contributed by atoms with E-state index in [1.54, 1.807) is 18.2 Å². The molecular formula is C14H20N2O2. The molecular weight excluding hydrogens is 228 g/mol. The summed E-state index contributed by atoms with van der Waals surface area (Å²) in [6, 6.07) is 7.48. The van der Waals surface area contributed by atoms with Gasteiger partial charge in [0.05, 0.1) is 0 Å². The third kappa shape index (κ3) is 3.47. The Morgan fingerprint density at radius 2 is 2.22 bits per heavy atom. The van der Waals surface area contributed by atoms with E-state index in [0.717, 1.165) is 24.8 Å². The second-order valence-electron chi connectivity index (χ2n) is 4.81. The van der Waals surface area contributed by atoms with Gasteiger partial charge in [-0.25, -0.2) is 0 Å². The highest BCUT2D eigenvalue weighted by molar-refractivity contribution is 5.76. The molecule has 1 aliphatic rings. The zero-order valence-corrected chi connectivity index (χ0v) is 10.5. The molecule has 4 heteroatoms. The van der Waals surface area contributed by atoms with Gasteiger partial charge in [0.15, 0.2) is 0 Å². The molecule has 0 aliphatic heterocycles. The molecule has 2 rings (SSSR count). The van der Waals surface area contributed by atoms with E-state index in [4.69, 9.17) is 5.73 Å². The van der Waals surface area contributed by atoms with Crippen LogP contribution in [0, 0.1) is 0 Å². The van der Waals surface area contributed by atoms with E-state index in [1.807, 2.05) is 11.0 Å². The van der Waals surface area contributed by atoms with Crippen LogP contribution in [0.3, 0.4) is 0 Å². The molecule has 0 heterocycles. The van der Waals surface area contributed by atoms with Crippen LogP contribution < -0.4 is 5.73 Å². The number of rotatable bonds is 6. The topological polar surface area (TPSA) is 66.6 Å². The van der Waals surface area contributed by atoms with E-state index >= 15 is 0 Å². The molecule has 1 aliphatic carbocycles. The first-order valence-corrected chi connectivity index (χ1v) is 6.48. The molecule has 98 valence electrons. The van der Waals surface area contributed by atoms with Gasteiger partial charge >= 0.3 is 0 Å². The van der Waals surface area contributed by atoms with E-state index in [-0.39, 0.29) is 11.7 Å². The van der Waals surface area contributed by atoms with Gasteiger partial charge in [-0.05, 0) is 43.5 Å². The molecule has 1 fully saturated rings. The van der Waals surface area contributed by atoms with Crippen molar-refractivity contribution in [1.82, 2.24) is 4.90 Å². The van der Waals surface area contributed by atoms with Gasteiger partial charge in [0.2, 0.25) is 5.91 Å². The maximum Gasteiger partial charge on any atom is 0.223 e. The number of phenolic OH excluding ortho intramolecular Hbond substituents is 1. The highest BCUT2D eigenvalue weighted by atomic mass is 16.3. The molecule has 0 atom stereocenters. The van der Waals surface area contributed by atoms with E-state index in [2.05, 4.69) is 0 Å². The van der Waals surface area contributed by atoms with Crippen molar-refractivity contribution in [3.63, 3.8) is 0 Å². The van der Waals surface area contributed by atoms with Crippen LogP contribution in [0.4, 0.5) is 0 Å². The lowest BCUT2D eigenvalue weighted by Crippen LogP contribution is -2.32. The lowest BCUT2D eigenvalue weighted by atomic mass is 10.2. The zero-order valence-electron chi connectivity index (χ0n) is 10.5. The summed E-state index contributed by atoms with van der Waals surface area (Å²) in [7, 11) is 0. The predicted octanol–water partition coefficient (Wildman–Crippen LogP) is 1.62. The molecule has 4 nitrogen and oxygen atoms in total. The second kappa shape index (κ2) is 5.87. The van der Waals surface area contributed by atoms with Crippen molar-refractivity contribution in [3.05, 3.63) is 29.8 Å². The van der Waals surface area contributed by atoms with Crippen LogP contribution in [0.5, 0.6) is 5.75 Å². The van der Waals surface area contributed by atoms with Gasteiger partial charge in [-0.3, -0.25) is 4.79 Å². The minimum absolute atomic E-state index is 0.172. The quantitative estimate of drug-likeness (QED) is 0.804. The molecule has 1 amide bonds. The lowest BCUT2D eigenvalue weighted by Gasteiger charge is -2.22. The number of hydrogen-bond acceptors (Lipinski definition) is 3. The molecule has 0 saturated heterocycles. The van der Waals surface area contributed by atoms with E-state index < -0.39 is 0 Å². The fourth-order valence-corrected chi connectivity index (χ4v) is 2.06. The largest absolute Gasteiger partial charge is 0.508 e. The van der Waals surface area contributed by atoms with Crippen LogP contribution >= 0.6 is 0 Å². The number of aromatic hydroxyl groups is 1. The molecule has 1 saturated carbocycles. The maximum absolute atomic E-state index is 12.1. The smallest absolute Gasteiger partial charge is 0.223 e. The third-order valence-corrected chi connectivity index (χ3v) is 3.17. The molecule has 0 spiro atoms. The highest BCUT2D eigenvalue weighted by Crippen LogP contribution is 2.29. The van der Waals surface area contributed by atoms with Gasteiger partial charge < -0.3 is 15.7 Å². The van der Waals surface area contributed by atoms with Gasteiger partial charge in [0.1, 0.15) is 5.75 Å². The summed E-state index contributed by atoms with van der Waals surface area (Å²) in [6.07, 6.45) is 3.44. The number of carbonyl (C=O) groups is 1. The molecule has 0 radical (unpaired) electrons. The lowest BCUT2D eigenvalue weighted by molar-refractivity contribution is -0.132. The Morgan fingerprint density at radius 1 is 1.44 bits per heavy atom. The minimum Gasteiger partial charge on any atom is -0.508 e. The van der Waals surface area contributed by atoms with Crippen molar-refractivity contribution >= 4 is 5.91 Å². The Balaban J connectivity index is 2.00. The third-order valence-electron chi connectivity index (χ3n) is 3.17. The van der Waals surface area contributed by atoms with Gasteiger partial charge in [0, 0.05) is 19.0 Å². The van der Waals surface area contributed by atoms with Crippen LogP contribution in [0.15, 0.2) is 24.3 Å². The summed E-state index contributed by atoms with van der Waals surface area (Å²) in [5.74, 6) is 0.420. The Kier molecular flexibility index (Phi) is 4.20. The van der Waals surface area contributed by atoms with Crippen molar-refractivity contribution in [1.29, 1.82) is 0 Å². The van der Waals surface area contributed by atoms with Crippen LogP contribution in [0.25, 0.3) is 0 Å². The van der Waals surface area contributed by atoms with Crippen molar-refractivity contribution in [2.45, 2.75) is 38.3 Å². The van der Waals surface area contributed by atoms with Crippen molar-refractivity contribution in [3.8, 4) is 5.75 Å². The van der Waals surface area contributed by atoms with Crippen molar-refractivity contribution < 1.29 is 9.90 Å². The van der Waals surface area contributed by atoms with Crippen LogP contribution in [0.2, 0.25) is 0 Å². The van der Waals surface area contributed by atoms with E-state index in [0.29, 0.717) is 25.6 Å². The first kappa shape index (κ1) is 12.9. The summed E-state index contributed by atoms with van der Waals surface area (Å²) in [5.41, 5.74) is 6.41. The molecule has 0 unspecified atom stereocenters. The fourth-order valence-electron chi connectivity index (χ4n) is 2.06. The first-order chi connectivity index (χ1) is 8.70. The summed E-state index contributed by atoms with van der Waals surface area (Å²) in [6.45, 7) is 1.14. The summed E-state index contributed by atoms with van der Waals surface area (Å²) in [5, 5.41) is 9.44. The highest BCUT2D eigenvalue weighted by Gasteiger charge is 2.32. The SMILES string of the molecule is NCCCC(=O)N(Cc1cccc(O)c1)C1CC1. The maximum atomic E-state index is 12.1. The normalized spacial score (nSPS) is 14.5. The van der Waals surface area contributed by atoms with Crippen molar-refractivity contribution in [2.75, 3.05) is 6.54 Å². The monoisotopic (exact) mass is 248 g/mol. The standard InChI is InChI=1S/C14H20N2O2/c15-8-2-5-14(18)16(12-6-7-12)10-11-3-1-4-13(17)9-11/h1,3-4,9,12,17H,2,5-8,10,15H2. The number of carbonyl (C=O) groups excluding carboxylic acids is 1. The van der Waals surface area contributed by atoms with E-state index in [9.17, 15) is 9.90 Å². The predicted molar refractivity (Wildman–Crippen MR) is 70.0 cm³/mol. The minimum atomic E-state index is 0.172. The first-order valence-electron chi connectivity index (χ1n) is 6.48. The fraction of sp³-hybridized carbons (Fsp3) is 0.500. The van der Waals surface area contributed by atoms with Crippen molar-refractivity contribution in [2.24, 2.45) is 5.73 Å². The second-order valence-corrected chi connectivity index (χ2v) is 4.81. The van der Waals surface area contributed by atoms with Gasteiger partial charge in [-0.15, -0.1) is 0 Å². The van der Waals surface area contributed by atoms with Gasteiger partial charge in [-0.2, -0.15) is 0 Å². The average molecular weight is 248 g/mol. The molecule has 18 heavy (non-hydrogen) atoms. The Hall–Kier alpha value is -1.55. The summed E-state index contributed by atoms with van der Waals surface area (Å²) >= 11 is 0. The number of nitrogens with zero attached hydrogens (tertiary/aromatic N) is 1.